The van der Waals surface area contributed by atoms with Gasteiger partial charge in [-0.1, -0.05) is 13.3 Å². The van der Waals surface area contributed by atoms with Gasteiger partial charge in [0.2, 0.25) is 5.91 Å². The van der Waals surface area contributed by atoms with Gasteiger partial charge in [-0.05, 0) is 32.9 Å². The van der Waals surface area contributed by atoms with Crippen molar-refractivity contribution in [2.24, 2.45) is 13.0 Å². The van der Waals surface area contributed by atoms with Crippen LogP contribution in [0.1, 0.15) is 31.9 Å². The van der Waals surface area contributed by atoms with E-state index >= 15 is 0 Å². The van der Waals surface area contributed by atoms with E-state index in [9.17, 15) is 4.79 Å². The molecule has 1 saturated heterocycles. The summed E-state index contributed by atoms with van der Waals surface area (Å²) in [5.41, 5.74) is 1.80. The van der Waals surface area contributed by atoms with Gasteiger partial charge in [0.25, 0.3) is 0 Å². The molecule has 0 aromatic carbocycles. The third kappa shape index (κ3) is 3.56. The summed E-state index contributed by atoms with van der Waals surface area (Å²) in [6.07, 6.45) is 5.55. The number of rotatable bonds is 4. The zero-order chi connectivity index (χ0) is 13.8. The summed E-state index contributed by atoms with van der Waals surface area (Å²) in [7, 11) is 1.88. The molecule has 1 N–H and O–H groups in total. The Labute approximate surface area is 115 Å². The molecule has 0 saturated carbocycles. The van der Waals surface area contributed by atoms with E-state index in [4.69, 9.17) is 0 Å². The molecule has 19 heavy (non-hydrogen) atoms. The van der Waals surface area contributed by atoms with Crippen LogP contribution < -0.4 is 5.32 Å². The van der Waals surface area contributed by atoms with E-state index in [2.05, 4.69) is 15.3 Å². The summed E-state index contributed by atoms with van der Waals surface area (Å²) in [6, 6.07) is 0. The number of hydrogen-bond acceptors (Lipinski definition) is 3. The second-order valence-electron chi connectivity index (χ2n) is 5.52. The normalized spacial score (nSPS) is 18.3. The third-order valence-corrected chi connectivity index (χ3v) is 3.92. The Morgan fingerprint density at radius 1 is 1.42 bits per heavy atom. The highest BCUT2D eigenvalue weighted by atomic mass is 16.1. The molecule has 1 fully saturated rings. The molecular weight excluding hydrogens is 240 g/mol. The third-order valence-electron chi connectivity index (χ3n) is 3.92. The van der Waals surface area contributed by atoms with Crippen molar-refractivity contribution in [2.75, 3.05) is 25.0 Å². The lowest BCUT2D eigenvalue weighted by Gasteiger charge is -2.28. The molecule has 1 aromatic heterocycles. The van der Waals surface area contributed by atoms with Gasteiger partial charge in [0, 0.05) is 19.5 Å². The van der Waals surface area contributed by atoms with Gasteiger partial charge in [0.15, 0.2) is 0 Å². The first-order valence-corrected chi connectivity index (χ1v) is 7.09. The topological polar surface area (TPSA) is 50.2 Å². The number of nitrogens with one attached hydrogen (secondary N) is 1. The van der Waals surface area contributed by atoms with Crippen molar-refractivity contribution in [3.63, 3.8) is 0 Å². The molecular formula is C14H24N4O. The van der Waals surface area contributed by atoms with Crippen molar-refractivity contribution in [1.82, 2.24) is 14.7 Å². The highest BCUT2D eigenvalue weighted by Gasteiger charge is 2.19. The first kappa shape index (κ1) is 14.1. The molecule has 1 unspecified atom stereocenters. The standard InChI is InChI=1S/C14H24N4O/c1-11(10-18-7-5-4-6-8-18)14(19)16-13-9-15-17(3)12(13)2/h9,11H,4-8,10H2,1-3H3,(H,16,19). The smallest absolute Gasteiger partial charge is 0.228 e. The predicted molar refractivity (Wildman–Crippen MR) is 76.0 cm³/mol. The summed E-state index contributed by atoms with van der Waals surface area (Å²) in [5, 5.41) is 7.11. The van der Waals surface area contributed by atoms with Crippen LogP contribution in [0.15, 0.2) is 6.20 Å². The fraction of sp³-hybridized carbons (Fsp3) is 0.714. The van der Waals surface area contributed by atoms with Gasteiger partial charge in [-0.3, -0.25) is 9.48 Å². The van der Waals surface area contributed by atoms with Gasteiger partial charge < -0.3 is 10.2 Å². The number of piperidine rings is 1. The maximum atomic E-state index is 12.2. The van der Waals surface area contributed by atoms with Gasteiger partial charge in [-0.25, -0.2) is 0 Å². The lowest BCUT2D eigenvalue weighted by Crippen LogP contribution is -2.37. The van der Waals surface area contributed by atoms with Gasteiger partial charge in [-0.15, -0.1) is 0 Å². The minimum absolute atomic E-state index is 0.0118. The summed E-state index contributed by atoms with van der Waals surface area (Å²) in [5.74, 6) is 0.0966. The molecule has 2 heterocycles. The minimum Gasteiger partial charge on any atom is -0.323 e. The van der Waals surface area contributed by atoms with Crippen LogP contribution in [-0.4, -0.2) is 40.2 Å². The summed E-state index contributed by atoms with van der Waals surface area (Å²) in [4.78, 5) is 14.6. The van der Waals surface area contributed by atoms with Crippen LogP contribution in [0.25, 0.3) is 0 Å². The fourth-order valence-corrected chi connectivity index (χ4v) is 2.49. The molecule has 1 aliphatic heterocycles. The van der Waals surface area contributed by atoms with Crippen molar-refractivity contribution in [1.29, 1.82) is 0 Å². The van der Waals surface area contributed by atoms with Crippen molar-refractivity contribution in [3.05, 3.63) is 11.9 Å². The average Bonchev–Trinajstić information content (AvgIpc) is 2.72. The van der Waals surface area contributed by atoms with E-state index in [1.165, 1.54) is 19.3 Å². The Balaban J connectivity index is 1.86. The van der Waals surface area contributed by atoms with Crippen LogP contribution in [0.3, 0.4) is 0 Å². The lowest BCUT2D eigenvalue weighted by molar-refractivity contribution is -0.120. The van der Waals surface area contributed by atoms with E-state index in [0.29, 0.717) is 0 Å². The molecule has 5 nitrogen and oxygen atoms in total. The Morgan fingerprint density at radius 2 is 2.11 bits per heavy atom. The van der Waals surface area contributed by atoms with E-state index in [0.717, 1.165) is 31.0 Å². The van der Waals surface area contributed by atoms with Crippen LogP contribution in [0, 0.1) is 12.8 Å². The SMILES string of the molecule is Cc1c(NC(=O)C(C)CN2CCCCC2)cnn1C. The fourth-order valence-electron chi connectivity index (χ4n) is 2.49. The first-order valence-electron chi connectivity index (χ1n) is 7.09. The quantitative estimate of drug-likeness (QED) is 0.902. The van der Waals surface area contributed by atoms with E-state index in [-0.39, 0.29) is 11.8 Å². The Bertz CT molecular complexity index is 435. The van der Waals surface area contributed by atoms with Gasteiger partial charge in [0.05, 0.1) is 17.6 Å². The summed E-state index contributed by atoms with van der Waals surface area (Å²) < 4.78 is 1.77. The highest BCUT2D eigenvalue weighted by molar-refractivity contribution is 5.92. The number of carbonyl (C=O) groups excluding carboxylic acids is 1. The minimum atomic E-state index is 0.0118. The number of likely N-dealkylation sites (tertiary alicyclic amines) is 1. The van der Waals surface area contributed by atoms with E-state index in [1.807, 2.05) is 20.9 Å². The largest absolute Gasteiger partial charge is 0.323 e. The Kier molecular flexibility index (Phi) is 4.58. The number of nitrogens with zero attached hydrogens (tertiary/aromatic N) is 3. The van der Waals surface area contributed by atoms with Gasteiger partial charge in [0.1, 0.15) is 0 Å². The highest BCUT2D eigenvalue weighted by Crippen LogP contribution is 2.15. The van der Waals surface area contributed by atoms with E-state index in [1.54, 1.807) is 10.9 Å². The Morgan fingerprint density at radius 3 is 2.68 bits per heavy atom. The summed E-state index contributed by atoms with van der Waals surface area (Å²) in [6.45, 7) is 7.06. The number of anilines is 1. The summed E-state index contributed by atoms with van der Waals surface area (Å²) >= 11 is 0. The maximum Gasteiger partial charge on any atom is 0.228 e. The molecule has 1 atom stereocenters. The van der Waals surface area contributed by atoms with E-state index < -0.39 is 0 Å². The first-order chi connectivity index (χ1) is 9.08. The van der Waals surface area contributed by atoms with Crippen LogP contribution in [0.2, 0.25) is 0 Å². The monoisotopic (exact) mass is 264 g/mol. The second kappa shape index (κ2) is 6.19. The molecule has 0 radical (unpaired) electrons. The van der Waals surface area contributed by atoms with Gasteiger partial charge in [-0.2, -0.15) is 5.10 Å². The maximum absolute atomic E-state index is 12.2. The van der Waals surface area contributed by atoms with Crippen molar-refractivity contribution >= 4 is 11.6 Å². The molecule has 0 bridgehead atoms. The lowest BCUT2D eigenvalue weighted by atomic mass is 10.1. The predicted octanol–water partition coefficient (Wildman–Crippen LogP) is 1.79. The van der Waals surface area contributed by atoms with Crippen LogP contribution in [0.4, 0.5) is 5.69 Å². The molecule has 1 aliphatic rings. The molecule has 5 heteroatoms. The van der Waals surface area contributed by atoms with Crippen LogP contribution in [-0.2, 0) is 11.8 Å². The van der Waals surface area contributed by atoms with Gasteiger partial charge >= 0.3 is 0 Å². The average molecular weight is 264 g/mol. The molecule has 0 spiro atoms. The number of carbonyl (C=O) groups is 1. The number of amides is 1. The van der Waals surface area contributed by atoms with Crippen LogP contribution in [0.5, 0.6) is 0 Å². The number of hydrogen-bond donors (Lipinski definition) is 1. The van der Waals surface area contributed by atoms with Crippen molar-refractivity contribution in [3.8, 4) is 0 Å². The molecule has 2 rings (SSSR count). The zero-order valence-electron chi connectivity index (χ0n) is 12.1. The van der Waals surface area contributed by atoms with Crippen molar-refractivity contribution < 1.29 is 4.79 Å². The number of aromatic nitrogens is 2. The molecule has 1 aromatic rings. The number of aryl methyl sites for hydroxylation is 1. The molecule has 1 amide bonds. The Hall–Kier alpha value is -1.36. The molecule has 0 aliphatic carbocycles. The molecule has 106 valence electrons. The van der Waals surface area contributed by atoms with Crippen molar-refractivity contribution in [2.45, 2.75) is 33.1 Å². The zero-order valence-corrected chi connectivity index (χ0v) is 12.1. The second-order valence-corrected chi connectivity index (χ2v) is 5.52. The van der Waals surface area contributed by atoms with Crippen LogP contribution >= 0.6 is 0 Å².